The molecule has 136 valence electrons. The van der Waals surface area contributed by atoms with Crippen molar-refractivity contribution in [2.45, 2.75) is 9.79 Å². The van der Waals surface area contributed by atoms with E-state index in [1.54, 1.807) is 0 Å². The van der Waals surface area contributed by atoms with Crippen molar-refractivity contribution >= 4 is 31.3 Å². The first-order chi connectivity index (χ1) is 10.6. The van der Waals surface area contributed by atoms with Gasteiger partial charge in [-0.2, -0.15) is 16.8 Å². The highest BCUT2D eigenvalue weighted by atomic mass is 32.2. The second-order valence-electron chi connectivity index (χ2n) is 4.59. The number of hydrogen-bond acceptors (Lipinski definition) is 6. The average Bonchev–Trinajstić information content (AvgIpc) is 2.88. The lowest BCUT2D eigenvalue weighted by atomic mass is 10.3. The highest BCUT2D eigenvalue weighted by molar-refractivity contribution is 7.86. The first kappa shape index (κ1) is 20.6. The van der Waals surface area contributed by atoms with E-state index in [1.165, 1.54) is 24.4 Å². The fourth-order valence-corrected chi connectivity index (χ4v) is 2.97. The molecule has 25 heavy (non-hydrogen) atoms. The molecule has 3 aromatic rings. The molecule has 0 bridgehead atoms. The molecule has 1 aromatic carbocycles. The van der Waals surface area contributed by atoms with Crippen LogP contribution < -0.4 is 0 Å². The molecule has 11 nitrogen and oxygen atoms in total. The molecule has 0 radical (unpaired) electrons. The maximum atomic E-state index is 11.1. The van der Waals surface area contributed by atoms with E-state index in [1.807, 2.05) is 0 Å². The SMILES string of the molecule is O.O.O=S(=O)(O)c1ccnc(-c2nc3ccc(S(=O)(=O)O)cc3[nH]2)c1. The number of imidazole rings is 1. The van der Waals surface area contributed by atoms with Gasteiger partial charge in [0.25, 0.3) is 20.2 Å². The average molecular weight is 391 g/mol. The second kappa shape index (κ2) is 6.83. The summed E-state index contributed by atoms with van der Waals surface area (Å²) in [6.45, 7) is 0. The van der Waals surface area contributed by atoms with Crippen molar-refractivity contribution in [2.75, 3.05) is 0 Å². The van der Waals surface area contributed by atoms with Crippen LogP contribution in [0.15, 0.2) is 46.3 Å². The summed E-state index contributed by atoms with van der Waals surface area (Å²) in [6.07, 6.45) is 1.19. The Morgan fingerprint density at radius 3 is 2.08 bits per heavy atom. The number of H-pyrrole nitrogens is 1. The molecular formula is C12H13N3O8S2. The van der Waals surface area contributed by atoms with Crippen LogP contribution in [0.4, 0.5) is 0 Å². The number of nitrogens with one attached hydrogen (secondary N) is 1. The predicted octanol–water partition coefficient (Wildman–Crippen LogP) is -0.531. The number of rotatable bonds is 3. The van der Waals surface area contributed by atoms with E-state index in [2.05, 4.69) is 15.0 Å². The molecular weight excluding hydrogens is 378 g/mol. The summed E-state index contributed by atoms with van der Waals surface area (Å²) in [5, 5.41) is 0. The molecule has 0 aliphatic heterocycles. The fraction of sp³-hybridized carbons (Fsp3) is 0. The van der Waals surface area contributed by atoms with Gasteiger partial charge in [-0.1, -0.05) is 0 Å². The highest BCUT2D eigenvalue weighted by Crippen LogP contribution is 2.23. The summed E-state index contributed by atoms with van der Waals surface area (Å²) in [5.41, 5.74) is 0.852. The van der Waals surface area contributed by atoms with Gasteiger partial charge in [-0.25, -0.2) is 4.98 Å². The zero-order chi connectivity index (χ0) is 16.8. The van der Waals surface area contributed by atoms with E-state index in [0.717, 1.165) is 12.1 Å². The van der Waals surface area contributed by atoms with Gasteiger partial charge in [0, 0.05) is 6.20 Å². The zero-order valence-corrected chi connectivity index (χ0v) is 13.8. The summed E-state index contributed by atoms with van der Waals surface area (Å²) >= 11 is 0. The standard InChI is InChI=1S/C12H9N3O6S2.2H2O/c16-22(17,18)7-1-2-9-10(5-7)15-12(14-9)11-6-8(3-4-13-11)23(19,20)21;;/h1-6H,(H,14,15)(H,16,17,18)(H,19,20,21);2*1H2. The van der Waals surface area contributed by atoms with E-state index in [4.69, 9.17) is 9.11 Å². The highest BCUT2D eigenvalue weighted by Gasteiger charge is 2.15. The Hall–Kier alpha value is -2.42. The van der Waals surface area contributed by atoms with Crippen LogP contribution in [-0.2, 0) is 20.2 Å². The van der Waals surface area contributed by atoms with Crippen LogP contribution in [0.1, 0.15) is 0 Å². The molecule has 7 N–H and O–H groups in total. The molecule has 2 heterocycles. The minimum Gasteiger partial charge on any atom is -0.412 e. The van der Waals surface area contributed by atoms with Crippen molar-refractivity contribution in [3.8, 4) is 11.5 Å². The Balaban J connectivity index is 0.00000156. The Kier molecular flexibility index (Phi) is 5.63. The molecule has 0 atom stereocenters. The largest absolute Gasteiger partial charge is 0.412 e. The minimum absolute atomic E-state index is 0. The third kappa shape index (κ3) is 4.16. The van der Waals surface area contributed by atoms with Gasteiger partial charge in [-0.05, 0) is 30.3 Å². The lowest BCUT2D eigenvalue weighted by Crippen LogP contribution is -1.99. The summed E-state index contributed by atoms with van der Waals surface area (Å²) in [4.78, 5) is 10.2. The second-order valence-corrected chi connectivity index (χ2v) is 7.43. The smallest absolute Gasteiger partial charge is 0.294 e. The van der Waals surface area contributed by atoms with Gasteiger partial charge in [0.1, 0.15) is 5.69 Å². The molecule has 0 aliphatic rings. The van der Waals surface area contributed by atoms with Crippen molar-refractivity contribution in [3.05, 3.63) is 36.5 Å². The van der Waals surface area contributed by atoms with Gasteiger partial charge in [0.2, 0.25) is 0 Å². The lowest BCUT2D eigenvalue weighted by Gasteiger charge is -1.99. The van der Waals surface area contributed by atoms with Crippen LogP contribution in [0.5, 0.6) is 0 Å². The van der Waals surface area contributed by atoms with E-state index < -0.39 is 20.2 Å². The summed E-state index contributed by atoms with van der Waals surface area (Å²) in [6, 6.07) is 6.00. The van der Waals surface area contributed by atoms with E-state index in [-0.39, 0.29) is 32.3 Å². The van der Waals surface area contributed by atoms with Crippen LogP contribution in [0, 0.1) is 0 Å². The Labute approximate surface area is 141 Å². The van der Waals surface area contributed by atoms with Gasteiger partial charge >= 0.3 is 0 Å². The van der Waals surface area contributed by atoms with Crippen molar-refractivity contribution < 1.29 is 36.9 Å². The number of nitrogens with zero attached hydrogens (tertiary/aromatic N) is 2. The van der Waals surface area contributed by atoms with E-state index >= 15 is 0 Å². The number of benzene rings is 1. The number of fused-ring (bicyclic) bond motifs is 1. The van der Waals surface area contributed by atoms with Crippen molar-refractivity contribution in [1.82, 2.24) is 15.0 Å². The molecule has 0 aliphatic carbocycles. The van der Waals surface area contributed by atoms with E-state index in [9.17, 15) is 16.8 Å². The monoisotopic (exact) mass is 391 g/mol. The van der Waals surface area contributed by atoms with Gasteiger partial charge in [-0.15, -0.1) is 0 Å². The first-order valence-corrected chi connectivity index (χ1v) is 8.94. The maximum absolute atomic E-state index is 11.1. The number of aromatic nitrogens is 3. The van der Waals surface area contributed by atoms with Crippen LogP contribution in [0.3, 0.4) is 0 Å². The van der Waals surface area contributed by atoms with Crippen molar-refractivity contribution in [3.63, 3.8) is 0 Å². The van der Waals surface area contributed by atoms with E-state index in [0.29, 0.717) is 11.0 Å². The Morgan fingerprint density at radius 1 is 0.880 bits per heavy atom. The molecule has 0 spiro atoms. The Morgan fingerprint density at radius 2 is 1.48 bits per heavy atom. The topological polar surface area (TPSA) is 213 Å². The minimum atomic E-state index is -4.38. The van der Waals surface area contributed by atoms with Gasteiger partial charge < -0.3 is 15.9 Å². The third-order valence-corrected chi connectivity index (χ3v) is 4.72. The summed E-state index contributed by atoms with van der Waals surface area (Å²) in [5.74, 6) is 0.179. The maximum Gasteiger partial charge on any atom is 0.294 e. The quantitative estimate of drug-likeness (QED) is 0.492. The van der Waals surface area contributed by atoms with Gasteiger partial charge in [0.15, 0.2) is 5.82 Å². The Bertz CT molecular complexity index is 1120. The third-order valence-electron chi connectivity index (χ3n) is 3.02. The number of pyridine rings is 1. The van der Waals surface area contributed by atoms with Crippen molar-refractivity contribution in [2.24, 2.45) is 0 Å². The zero-order valence-electron chi connectivity index (χ0n) is 12.2. The number of aromatic amines is 1. The van der Waals surface area contributed by atoms with Gasteiger partial charge in [0.05, 0.1) is 20.8 Å². The molecule has 0 fully saturated rings. The summed E-state index contributed by atoms with van der Waals surface area (Å²) in [7, 11) is -8.74. The molecule has 3 rings (SSSR count). The molecule has 0 saturated heterocycles. The van der Waals surface area contributed by atoms with Crippen LogP contribution in [0.2, 0.25) is 0 Å². The molecule has 2 aromatic heterocycles. The summed E-state index contributed by atoms with van der Waals surface area (Å²) < 4.78 is 62.6. The van der Waals surface area contributed by atoms with Crippen LogP contribution in [0.25, 0.3) is 22.6 Å². The normalized spacial score (nSPS) is 11.6. The number of hydrogen-bond donors (Lipinski definition) is 3. The lowest BCUT2D eigenvalue weighted by molar-refractivity contribution is 0.481. The van der Waals surface area contributed by atoms with Crippen LogP contribution in [-0.4, -0.2) is 51.8 Å². The van der Waals surface area contributed by atoms with Gasteiger partial charge in [-0.3, -0.25) is 14.1 Å². The molecule has 0 unspecified atom stereocenters. The predicted molar refractivity (Wildman–Crippen MR) is 86.2 cm³/mol. The fourth-order valence-electron chi connectivity index (χ4n) is 1.97. The van der Waals surface area contributed by atoms with Crippen molar-refractivity contribution in [1.29, 1.82) is 0 Å². The molecule has 13 heteroatoms. The molecule has 0 saturated carbocycles. The molecule has 0 amide bonds. The first-order valence-electron chi connectivity index (χ1n) is 6.06. The van der Waals surface area contributed by atoms with Crippen LogP contribution >= 0.6 is 0 Å².